The molecule has 150 valence electrons. The maximum Gasteiger partial charge on any atom is 0.258 e. The summed E-state index contributed by atoms with van der Waals surface area (Å²) in [5.41, 5.74) is 1.88. The van der Waals surface area contributed by atoms with Crippen molar-refractivity contribution in [2.24, 2.45) is 0 Å². The zero-order chi connectivity index (χ0) is 20.0. The molecule has 2 aromatic rings. The SMILES string of the molecule is CCCCCOc1ccc(C2(C)Nc3ccccc3C(=O)N2CCOC)cc1. The van der Waals surface area contributed by atoms with Gasteiger partial charge in [-0.2, -0.15) is 0 Å². The Labute approximate surface area is 167 Å². The van der Waals surface area contributed by atoms with Crippen LogP contribution in [-0.2, 0) is 10.4 Å². The van der Waals surface area contributed by atoms with Crippen LogP contribution >= 0.6 is 0 Å². The van der Waals surface area contributed by atoms with Crippen molar-refractivity contribution < 1.29 is 14.3 Å². The Bertz CT molecular complexity index is 791. The molecule has 1 aliphatic rings. The van der Waals surface area contributed by atoms with Crippen molar-refractivity contribution >= 4 is 11.6 Å². The molecule has 1 unspecified atom stereocenters. The van der Waals surface area contributed by atoms with Crippen LogP contribution in [0.5, 0.6) is 5.75 Å². The Morgan fingerprint density at radius 1 is 1.04 bits per heavy atom. The summed E-state index contributed by atoms with van der Waals surface area (Å²) in [6.07, 6.45) is 3.42. The van der Waals surface area contributed by atoms with E-state index in [1.807, 2.05) is 60.4 Å². The van der Waals surface area contributed by atoms with Crippen LogP contribution in [0.2, 0.25) is 0 Å². The molecule has 1 aliphatic heterocycles. The van der Waals surface area contributed by atoms with Gasteiger partial charge in [0.1, 0.15) is 11.4 Å². The van der Waals surface area contributed by atoms with Crippen molar-refractivity contribution in [1.82, 2.24) is 4.90 Å². The molecule has 0 saturated heterocycles. The normalized spacial score (nSPS) is 18.5. The van der Waals surface area contributed by atoms with Gasteiger partial charge in [-0.1, -0.05) is 44.0 Å². The van der Waals surface area contributed by atoms with Gasteiger partial charge >= 0.3 is 0 Å². The monoisotopic (exact) mass is 382 g/mol. The first kappa shape index (κ1) is 20.2. The van der Waals surface area contributed by atoms with E-state index >= 15 is 0 Å². The summed E-state index contributed by atoms with van der Waals surface area (Å²) in [4.78, 5) is 15.0. The number of carbonyl (C=O) groups excluding carboxylic acids is 1. The van der Waals surface area contributed by atoms with Gasteiger partial charge in [0, 0.05) is 19.3 Å². The lowest BCUT2D eigenvalue weighted by Gasteiger charge is -2.46. The fraction of sp³-hybridized carbons (Fsp3) is 0.435. The Kier molecular flexibility index (Phi) is 6.57. The van der Waals surface area contributed by atoms with Crippen molar-refractivity contribution in [3.8, 4) is 5.75 Å². The number of nitrogens with one attached hydrogen (secondary N) is 1. The summed E-state index contributed by atoms with van der Waals surface area (Å²) in [5.74, 6) is 0.864. The van der Waals surface area contributed by atoms with Crippen LogP contribution in [0.3, 0.4) is 0 Å². The molecule has 1 atom stereocenters. The molecule has 1 heterocycles. The van der Waals surface area contributed by atoms with Crippen molar-refractivity contribution in [1.29, 1.82) is 0 Å². The summed E-state index contributed by atoms with van der Waals surface area (Å²) >= 11 is 0. The van der Waals surface area contributed by atoms with Gasteiger partial charge in [-0.25, -0.2) is 0 Å². The molecule has 0 spiro atoms. The number of unbranched alkanes of at least 4 members (excludes halogenated alkanes) is 2. The van der Waals surface area contributed by atoms with Gasteiger partial charge in [0.2, 0.25) is 0 Å². The highest BCUT2D eigenvalue weighted by Crippen LogP contribution is 2.38. The summed E-state index contributed by atoms with van der Waals surface area (Å²) in [6.45, 7) is 5.93. The number of carbonyl (C=O) groups is 1. The topological polar surface area (TPSA) is 50.8 Å². The highest BCUT2D eigenvalue weighted by molar-refractivity contribution is 6.02. The molecule has 0 radical (unpaired) electrons. The van der Waals surface area contributed by atoms with E-state index < -0.39 is 5.66 Å². The van der Waals surface area contributed by atoms with Crippen LogP contribution in [0.1, 0.15) is 49.0 Å². The number of benzene rings is 2. The van der Waals surface area contributed by atoms with Crippen molar-refractivity contribution in [3.63, 3.8) is 0 Å². The van der Waals surface area contributed by atoms with Crippen LogP contribution in [0.4, 0.5) is 5.69 Å². The van der Waals surface area contributed by atoms with E-state index in [4.69, 9.17) is 9.47 Å². The number of anilines is 1. The first-order valence-corrected chi connectivity index (χ1v) is 10.0. The first-order chi connectivity index (χ1) is 13.6. The van der Waals surface area contributed by atoms with Gasteiger partial charge in [-0.3, -0.25) is 4.79 Å². The Morgan fingerprint density at radius 2 is 1.79 bits per heavy atom. The van der Waals surface area contributed by atoms with Crippen LogP contribution < -0.4 is 10.1 Å². The molecule has 0 bridgehead atoms. The number of methoxy groups -OCH3 is 1. The molecule has 0 aromatic heterocycles. The molecule has 5 nitrogen and oxygen atoms in total. The Balaban J connectivity index is 1.85. The quantitative estimate of drug-likeness (QED) is 0.642. The molecule has 1 amide bonds. The minimum Gasteiger partial charge on any atom is -0.494 e. The molecule has 0 saturated carbocycles. The van der Waals surface area contributed by atoms with E-state index in [2.05, 4.69) is 12.2 Å². The number of amides is 1. The van der Waals surface area contributed by atoms with Gasteiger partial charge in [-0.05, 0) is 43.2 Å². The van der Waals surface area contributed by atoms with Crippen molar-refractivity contribution in [3.05, 3.63) is 59.7 Å². The maximum absolute atomic E-state index is 13.2. The molecule has 1 N–H and O–H groups in total. The standard InChI is InChI=1S/C23H30N2O3/c1-4-5-8-16-28-19-13-11-18(12-14-19)23(2)24-21-10-7-6-9-20(21)22(26)25(23)15-17-27-3/h6-7,9-14,24H,4-5,8,15-17H2,1-3H3. The lowest BCUT2D eigenvalue weighted by Crippen LogP contribution is -2.56. The summed E-state index contributed by atoms with van der Waals surface area (Å²) in [7, 11) is 1.65. The zero-order valence-corrected chi connectivity index (χ0v) is 17.0. The fourth-order valence-electron chi connectivity index (χ4n) is 3.61. The molecule has 5 heteroatoms. The lowest BCUT2D eigenvalue weighted by atomic mass is 9.93. The third kappa shape index (κ3) is 4.14. The average molecular weight is 383 g/mol. The van der Waals surface area contributed by atoms with Gasteiger partial charge < -0.3 is 19.7 Å². The Morgan fingerprint density at radius 3 is 2.50 bits per heavy atom. The number of nitrogens with zero attached hydrogens (tertiary/aromatic N) is 1. The zero-order valence-electron chi connectivity index (χ0n) is 17.0. The number of hydrogen-bond donors (Lipinski definition) is 1. The number of para-hydroxylation sites is 1. The van der Waals surface area contributed by atoms with Gasteiger partial charge in [-0.15, -0.1) is 0 Å². The largest absolute Gasteiger partial charge is 0.494 e. The van der Waals surface area contributed by atoms with Crippen molar-refractivity contribution in [2.75, 3.05) is 32.2 Å². The van der Waals surface area contributed by atoms with Crippen LogP contribution in [0, 0.1) is 0 Å². The lowest BCUT2D eigenvalue weighted by molar-refractivity contribution is 0.0438. The van der Waals surface area contributed by atoms with Gasteiger partial charge in [0.25, 0.3) is 5.91 Å². The van der Waals surface area contributed by atoms with Gasteiger partial charge in [0.15, 0.2) is 0 Å². The molecule has 0 aliphatic carbocycles. The number of ether oxygens (including phenoxy) is 2. The highest BCUT2D eigenvalue weighted by Gasteiger charge is 2.42. The third-order valence-electron chi connectivity index (χ3n) is 5.27. The molecule has 2 aromatic carbocycles. The predicted molar refractivity (Wildman–Crippen MR) is 112 cm³/mol. The minimum absolute atomic E-state index is 0.00814. The van der Waals surface area contributed by atoms with E-state index in [0.29, 0.717) is 18.7 Å². The van der Waals surface area contributed by atoms with Gasteiger partial charge in [0.05, 0.1) is 18.8 Å². The molecule has 28 heavy (non-hydrogen) atoms. The maximum atomic E-state index is 13.2. The minimum atomic E-state index is -0.662. The van der Waals surface area contributed by atoms with Crippen LogP contribution in [0.15, 0.2) is 48.5 Å². The summed E-state index contributed by atoms with van der Waals surface area (Å²) in [5, 5.41) is 3.57. The van der Waals surface area contributed by atoms with E-state index in [9.17, 15) is 4.79 Å². The van der Waals surface area contributed by atoms with E-state index in [1.165, 1.54) is 12.8 Å². The number of rotatable bonds is 9. The third-order valence-corrected chi connectivity index (χ3v) is 5.27. The second-order valence-corrected chi connectivity index (χ2v) is 7.27. The first-order valence-electron chi connectivity index (χ1n) is 10.0. The molecular formula is C23H30N2O3. The predicted octanol–water partition coefficient (Wildman–Crippen LogP) is 4.64. The smallest absolute Gasteiger partial charge is 0.258 e. The van der Waals surface area contributed by atoms with E-state index in [1.54, 1.807) is 7.11 Å². The van der Waals surface area contributed by atoms with Crippen molar-refractivity contribution in [2.45, 2.75) is 38.8 Å². The van der Waals surface area contributed by atoms with E-state index in [0.717, 1.165) is 30.0 Å². The van der Waals surface area contributed by atoms with Crippen LogP contribution in [-0.4, -0.2) is 37.7 Å². The second-order valence-electron chi connectivity index (χ2n) is 7.27. The summed E-state index contributed by atoms with van der Waals surface area (Å²) < 4.78 is 11.1. The Hall–Kier alpha value is -2.53. The second kappa shape index (κ2) is 9.11. The highest BCUT2D eigenvalue weighted by atomic mass is 16.5. The number of fused-ring (bicyclic) bond motifs is 1. The fourth-order valence-corrected chi connectivity index (χ4v) is 3.61. The summed E-state index contributed by atoms with van der Waals surface area (Å²) in [6, 6.07) is 15.7. The molecule has 0 fully saturated rings. The molecular weight excluding hydrogens is 352 g/mol. The van der Waals surface area contributed by atoms with E-state index in [-0.39, 0.29) is 5.91 Å². The average Bonchev–Trinajstić information content (AvgIpc) is 2.71. The van der Waals surface area contributed by atoms with Crippen LogP contribution in [0.25, 0.3) is 0 Å². The molecule has 3 rings (SSSR count). The number of hydrogen-bond acceptors (Lipinski definition) is 4.